The molecule has 3 nitrogen and oxygen atoms in total. The van der Waals surface area contributed by atoms with Crippen molar-refractivity contribution in [2.45, 2.75) is 12.8 Å². The summed E-state index contributed by atoms with van der Waals surface area (Å²) < 4.78 is 2.54. The third-order valence-electron chi connectivity index (χ3n) is 17.9. The fourth-order valence-electron chi connectivity index (χ4n) is 13.7. The van der Waals surface area contributed by atoms with Crippen molar-refractivity contribution in [1.82, 2.24) is 4.57 Å². The van der Waals surface area contributed by atoms with Crippen LogP contribution in [0.4, 0.5) is 34.1 Å². The standard InChI is InChI=1S/C86H61N3/c1-6-20-60(21-7-1)62-34-46-72(47-35-62)87(70-26-12-4-13-27-70)74-50-38-64(39-51-74)68-44-56-83-81(58-68)82-59-69(65-40-52-75(53-41-65)88(71-28-14-5-15-29-71)73-48-36-63(37-49-73)61-22-8-2-9-23-61)45-57-84(82)89(83)76-54-42-67(43-55-76)86-79-32-18-16-30-77(79)85(66-24-10-3-11-25-66)78-31-17-19-33-80(78)86/h1-44,46-56,58-59H,45,57H2. The highest BCUT2D eigenvalue weighted by Crippen LogP contribution is 2.46. The summed E-state index contributed by atoms with van der Waals surface area (Å²) in [6, 6.07) is 124. The molecular weight excluding hydrogens is 1070 g/mol. The topological polar surface area (TPSA) is 11.4 Å². The highest BCUT2D eigenvalue weighted by molar-refractivity contribution is 6.21. The summed E-state index contributed by atoms with van der Waals surface area (Å²) in [6.07, 6.45) is 4.29. The maximum atomic E-state index is 2.54. The average molecular weight is 1140 g/mol. The molecule has 0 unspecified atom stereocenters. The van der Waals surface area contributed by atoms with Crippen molar-refractivity contribution in [3.05, 3.63) is 357 Å². The molecule has 1 heterocycles. The van der Waals surface area contributed by atoms with E-state index in [4.69, 9.17) is 0 Å². The zero-order valence-corrected chi connectivity index (χ0v) is 49.2. The highest BCUT2D eigenvalue weighted by Gasteiger charge is 2.25. The van der Waals surface area contributed by atoms with E-state index in [1.165, 1.54) is 110 Å². The molecule has 420 valence electrons. The molecule has 16 rings (SSSR count). The molecular formula is C86H61N3. The third-order valence-corrected chi connectivity index (χ3v) is 17.9. The molecule has 0 amide bonds. The van der Waals surface area contributed by atoms with E-state index in [1.54, 1.807) is 0 Å². The molecule has 1 aromatic heterocycles. The molecule has 0 saturated heterocycles. The van der Waals surface area contributed by atoms with E-state index in [1.807, 2.05) is 0 Å². The van der Waals surface area contributed by atoms with Crippen LogP contribution in [0.2, 0.25) is 0 Å². The van der Waals surface area contributed by atoms with Gasteiger partial charge >= 0.3 is 0 Å². The van der Waals surface area contributed by atoms with Crippen molar-refractivity contribution in [3.63, 3.8) is 0 Å². The first-order valence-electron chi connectivity index (χ1n) is 30.8. The summed E-state index contributed by atoms with van der Waals surface area (Å²) in [5, 5.41) is 6.27. The largest absolute Gasteiger partial charge is 0.313 e. The number of aromatic nitrogens is 1. The molecule has 0 fully saturated rings. The number of anilines is 6. The molecule has 0 saturated carbocycles. The summed E-state index contributed by atoms with van der Waals surface area (Å²) in [5.74, 6) is 0. The van der Waals surface area contributed by atoms with Crippen LogP contribution in [0.15, 0.2) is 340 Å². The Hall–Kier alpha value is -11.5. The predicted octanol–water partition coefficient (Wildman–Crippen LogP) is 23.7. The molecule has 14 aromatic carbocycles. The van der Waals surface area contributed by atoms with E-state index in [0.717, 1.165) is 52.7 Å². The summed E-state index contributed by atoms with van der Waals surface area (Å²) in [4.78, 5) is 4.70. The maximum absolute atomic E-state index is 2.54. The smallest absolute Gasteiger partial charge is 0.0538 e. The Balaban J connectivity index is 0.789. The number of benzene rings is 14. The lowest BCUT2D eigenvalue weighted by Crippen LogP contribution is -2.10. The van der Waals surface area contributed by atoms with Crippen molar-refractivity contribution in [2.24, 2.45) is 0 Å². The number of allylic oxidation sites excluding steroid dienone is 1. The minimum atomic E-state index is 0.894. The van der Waals surface area contributed by atoms with Gasteiger partial charge in [0.15, 0.2) is 0 Å². The monoisotopic (exact) mass is 1140 g/mol. The van der Waals surface area contributed by atoms with Crippen LogP contribution in [0.1, 0.15) is 23.2 Å². The Bertz CT molecular complexity index is 4980. The fourth-order valence-corrected chi connectivity index (χ4v) is 13.7. The number of nitrogens with zero attached hydrogens (tertiary/aromatic N) is 3. The van der Waals surface area contributed by atoms with E-state index < -0.39 is 0 Å². The van der Waals surface area contributed by atoms with Crippen LogP contribution in [-0.4, -0.2) is 4.57 Å². The highest BCUT2D eigenvalue weighted by atomic mass is 15.1. The van der Waals surface area contributed by atoms with Gasteiger partial charge in [-0.15, -0.1) is 0 Å². The second-order valence-corrected chi connectivity index (χ2v) is 23.1. The van der Waals surface area contributed by atoms with Crippen LogP contribution in [0.25, 0.3) is 105 Å². The first-order chi connectivity index (χ1) is 44.1. The van der Waals surface area contributed by atoms with Crippen molar-refractivity contribution >= 4 is 78.2 Å². The van der Waals surface area contributed by atoms with Crippen molar-refractivity contribution < 1.29 is 0 Å². The Morgan fingerprint density at radius 2 is 0.551 bits per heavy atom. The second-order valence-electron chi connectivity index (χ2n) is 23.1. The van der Waals surface area contributed by atoms with E-state index >= 15 is 0 Å². The summed E-state index contributed by atoms with van der Waals surface area (Å²) in [5.41, 5.74) is 26.3. The van der Waals surface area contributed by atoms with Crippen LogP contribution >= 0.6 is 0 Å². The van der Waals surface area contributed by atoms with Gasteiger partial charge in [0.2, 0.25) is 0 Å². The van der Waals surface area contributed by atoms with E-state index in [0.29, 0.717) is 0 Å². The molecule has 1 aliphatic rings. The molecule has 0 bridgehead atoms. The number of para-hydroxylation sites is 2. The zero-order valence-electron chi connectivity index (χ0n) is 49.2. The van der Waals surface area contributed by atoms with Crippen molar-refractivity contribution in [2.75, 3.05) is 9.80 Å². The number of hydrogen-bond acceptors (Lipinski definition) is 2. The van der Waals surface area contributed by atoms with Crippen LogP contribution in [-0.2, 0) is 6.42 Å². The fraction of sp³-hybridized carbons (Fsp3) is 0.0233. The van der Waals surface area contributed by atoms with Crippen LogP contribution in [0.3, 0.4) is 0 Å². The normalized spacial score (nSPS) is 12.0. The second kappa shape index (κ2) is 23.1. The number of rotatable bonds is 13. The first kappa shape index (κ1) is 53.0. The van der Waals surface area contributed by atoms with E-state index in [9.17, 15) is 0 Å². The van der Waals surface area contributed by atoms with Crippen molar-refractivity contribution in [3.8, 4) is 61.3 Å². The molecule has 3 heteroatoms. The molecule has 0 N–H and O–H groups in total. The summed E-state index contributed by atoms with van der Waals surface area (Å²) >= 11 is 0. The van der Waals surface area contributed by atoms with Crippen LogP contribution < -0.4 is 9.80 Å². The Kier molecular flexibility index (Phi) is 13.7. The molecule has 0 aliphatic heterocycles. The van der Waals surface area contributed by atoms with Gasteiger partial charge in [-0.05, 0) is 204 Å². The molecule has 89 heavy (non-hydrogen) atoms. The zero-order chi connectivity index (χ0) is 59.0. The number of hydrogen-bond donors (Lipinski definition) is 0. The average Bonchev–Trinajstić information content (AvgIpc) is 1.91. The van der Waals surface area contributed by atoms with Crippen LogP contribution in [0, 0.1) is 0 Å². The molecule has 0 atom stereocenters. The van der Waals surface area contributed by atoms with Gasteiger partial charge in [-0.3, -0.25) is 0 Å². The first-order valence-corrected chi connectivity index (χ1v) is 30.8. The summed E-state index contributed by atoms with van der Waals surface area (Å²) in [7, 11) is 0. The SMILES string of the molecule is C1=C(c2ccc(N(c3ccccc3)c3ccc(-c4ccccc4)cc3)cc2)CCc2c1c1cc(-c3ccc(N(c4ccccc4)c4ccc(-c5ccccc5)cc4)cc3)ccc1n2-c1ccc(-c2c3ccccc3c(-c3ccccc3)c3ccccc23)cc1. The van der Waals surface area contributed by atoms with Crippen LogP contribution in [0.5, 0.6) is 0 Å². The minimum Gasteiger partial charge on any atom is -0.313 e. The van der Waals surface area contributed by atoms with Gasteiger partial charge in [0, 0.05) is 56.5 Å². The Morgan fingerprint density at radius 3 is 0.978 bits per heavy atom. The van der Waals surface area contributed by atoms with Gasteiger partial charge < -0.3 is 14.4 Å². The van der Waals surface area contributed by atoms with Gasteiger partial charge in [-0.2, -0.15) is 0 Å². The lowest BCUT2D eigenvalue weighted by molar-refractivity contribution is 0.898. The molecule has 1 aliphatic carbocycles. The lowest BCUT2D eigenvalue weighted by Gasteiger charge is -2.26. The predicted molar refractivity (Wildman–Crippen MR) is 377 cm³/mol. The van der Waals surface area contributed by atoms with E-state index in [-0.39, 0.29) is 0 Å². The molecule has 15 aromatic rings. The van der Waals surface area contributed by atoms with Gasteiger partial charge in [0.05, 0.1) is 5.52 Å². The molecule has 0 spiro atoms. The third kappa shape index (κ3) is 9.95. The van der Waals surface area contributed by atoms with Gasteiger partial charge in [-0.25, -0.2) is 0 Å². The minimum absolute atomic E-state index is 0.894. The molecule has 0 radical (unpaired) electrons. The Labute approximate surface area is 520 Å². The number of fused-ring (bicyclic) bond motifs is 5. The quantitative estimate of drug-likeness (QED) is 0.107. The van der Waals surface area contributed by atoms with Gasteiger partial charge in [-0.1, -0.05) is 243 Å². The van der Waals surface area contributed by atoms with Gasteiger partial charge in [0.1, 0.15) is 0 Å². The lowest BCUT2D eigenvalue weighted by atomic mass is 9.86. The van der Waals surface area contributed by atoms with Crippen molar-refractivity contribution in [1.29, 1.82) is 0 Å². The van der Waals surface area contributed by atoms with Gasteiger partial charge in [0.25, 0.3) is 0 Å². The summed E-state index contributed by atoms with van der Waals surface area (Å²) in [6.45, 7) is 0. The van der Waals surface area contributed by atoms with E-state index in [2.05, 4.69) is 360 Å². The Morgan fingerprint density at radius 1 is 0.236 bits per heavy atom. The maximum Gasteiger partial charge on any atom is 0.0538 e.